The molecule has 0 saturated heterocycles. The van der Waals surface area contributed by atoms with Gasteiger partial charge in [-0.3, -0.25) is 0 Å². The molecule has 0 amide bonds. The number of hydrogen-bond acceptors (Lipinski definition) is 2. The van der Waals surface area contributed by atoms with E-state index in [0.717, 1.165) is 5.69 Å². The molecule has 1 aromatic heterocycles. The fraction of sp³-hybridized carbons (Fsp3) is 0.750. The second kappa shape index (κ2) is 2.75. The Morgan fingerprint density at radius 3 is 2.85 bits per heavy atom. The predicted molar refractivity (Wildman–Crippen MR) is 42.4 cm³/mol. The highest BCUT2D eigenvalue weighted by Crippen LogP contribution is 2.43. The summed E-state index contributed by atoms with van der Waals surface area (Å²) in [6.45, 7) is 2.03. The van der Waals surface area contributed by atoms with Gasteiger partial charge in [0.1, 0.15) is 0 Å². The molecule has 1 saturated carbocycles. The van der Waals surface area contributed by atoms with Crippen LogP contribution in [0.1, 0.15) is 18.5 Å². The van der Waals surface area contributed by atoms with Crippen molar-refractivity contribution in [2.75, 3.05) is 0 Å². The van der Waals surface area contributed by atoms with E-state index in [2.05, 4.69) is 10.2 Å². The van der Waals surface area contributed by atoms with Gasteiger partial charge >= 0.3 is 0 Å². The van der Waals surface area contributed by atoms with E-state index >= 15 is 0 Å². The minimum absolute atomic E-state index is 0.0118. The van der Waals surface area contributed by atoms with Crippen LogP contribution in [0.5, 0.6) is 0 Å². The molecule has 1 aliphatic carbocycles. The van der Waals surface area contributed by atoms with E-state index in [1.165, 1.54) is 4.80 Å². The van der Waals surface area contributed by atoms with Crippen LogP contribution in [0.2, 0.25) is 0 Å². The van der Waals surface area contributed by atoms with Crippen LogP contribution < -0.4 is 0 Å². The zero-order valence-electron chi connectivity index (χ0n) is 7.37. The van der Waals surface area contributed by atoms with Crippen LogP contribution in [0.15, 0.2) is 6.20 Å². The Morgan fingerprint density at radius 1 is 1.69 bits per heavy atom. The summed E-state index contributed by atoms with van der Waals surface area (Å²) in [6, 6.07) is 0. The molecule has 1 aliphatic rings. The van der Waals surface area contributed by atoms with Gasteiger partial charge in [-0.05, 0) is 13.3 Å². The Hall–Kier alpha value is -1.00. The van der Waals surface area contributed by atoms with Crippen molar-refractivity contribution in [1.82, 2.24) is 15.0 Å². The smallest absolute Gasteiger partial charge is 0.207 e. The van der Waals surface area contributed by atoms with Crippen molar-refractivity contribution in [2.45, 2.75) is 32.2 Å². The number of alkyl halides is 2. The Balaban J connectivity index is 1.99. The Bertz CT molecular complexity index is 308. The second-order valence-electron chi connectivity index (χ2n) is 3.54. The molecule has 0 aromatic carbocycles. The van der Waals surface area contributed by atoms with E-state index in [9.17, 15) is 8.78 Å². The molecule has 72 valence electrons. The number of aromatic nitrogens is 3. The fourth-order valence-electron chi connectivity index (χ4n) is 1.46. The molecule has 1 heterocycles. The quantitative estimate of drug-likeness (QED) is 0.704. The Labute approximate surface area is 74.7 Å². The molecule has 3 nitrogen and oxygen atoms in total. The highest BCUT2D eigenvalue weighted by molar-refractivity contribution is 4.89. The third-order valence-electron chi connectivity index (χ3n) is 2.46. The zero-order valence-corrected chi connectivity index (χ0v) is 7.37. The van der Waals surface area contributed by atoms with Crippen LogP contribution in [0.4, 0.5) is 8.78 Å². The van der Waals surface area contributed by atoms with Gasteiger partial charge in [0.15, 0.2) is 0 Å². The van der Waals surface area contributed by atoms with Crippen LogP contribution >= 0.6 is 0 Å². The maximum absolute atomic E-state index is 12.8. The lowest BCUT2D eigenvalue weighted by Gasteiger charge is -2.35. The van der Waals surface area contributed by atoms with E-state index < -0.39 is 11.8 Å². The Kier molecular flexibility index (Phi) is 1.82. The monoisotopic (exact) mass is 187 g/mol. The number of halogens is 2. The van der Waals surface area contributed by atoms with E-state index in [0.29, 0.717) is 6.42 Å². The van der Waals surface area contributed by atoms with Gasteiger partial charge in [0.05, 0.1) is 18.4 Å². The minimum atomic E-state index is -2.50. The third kappa shape index (κ3) is 1.55. The molecule has 1 atom stereocenters. The van der Waals surface area contributed by atoms with Gasteiger partial charge in [0.2, 0.25) is 0 Å². The minimum Gasteiger partial charge on any atom is -0.207 e. The van der Waals surface area contributed by atoms with Gasteiger partial charge in [-0.15, -0.1) is 0 Å². The zero-order chi connectivity index (χ0) is 9.47. The average Bonchev–Trinajstić information content (AvgIpc) is 2.46. The molecule has 0 radical (unpaired) electrons. The molecule has 13 heavy (non-hydrogen) atoms. The molecule has 0 bridgehead atoms. The van der Waals surface area contributed by atoms with Crippen molar-refractivity contribution in [2.24, 2.45) is 5.92 Å². The summed E-state index contributed by atoms with van der Waals surface area (Å²) in [7, 11) is 0. The van der Waals surface area contributed by atoms with Crippen LogP contribution in [0.25, 0.3) is 0 Å². The van der Waals surface area contributed by atoms with Gasteiger partial charge in [-0.1, -0.05) is 0 Å². The molecular weight excluding hydrogens is 176 g/mol. The summed E-state index contributed by atoms with van der Waals surface area (Å²) in [6.07, 6.45) is 2.17. The maximum Gasteiger partial charge on any atom is 0.252 e. The standard InChI is InChI=1S/C8H11F2N3/c1-6-4-11-13(12-6)5-7-2-3-8(7,9)10/h4,7H,2-3,5H2,1H3. The van der Waals surface area contributed by atoms with Gasteiger partial charge in [0, 0.05) is 12.3 Å². The number of nitrogens with zero attached hydrogens (tertiary/aromatic N) is 3. The molecule has 1 aromatic rings. The van der Waals surface area contributed by atoms with E-state index in [-0.39, 0.29) is 13.0 Å². The lowest BCUT2D eigenvalue weighted by Crippen LogP contribution is -2.41. The summed E-state index contributed by atoms with van der Waals surface area (Å²) >= 11 is 0. The number of aryl methyl sites for hydroxylation is 1. The molecule has 1 fully saturated rings. The highest BCUT2D eigenvalue weighted by atomic mass is 19.3. The second-order valence-corrected chi connectivity index (χ2v) is 3.54. The van der Waals surface area contributed by atoms with E-state index in [1.54, 1.807) is 13.1 Å². The van der Waals surface area contributed by atoms with Gasteiger partial charge in [-0.2, -0.15) is 15.0 Å². The van der Waals surface area contributed by atoms with Gasteiger partial charge in [-0.25, -0.2) is 8.78 Å². The topological polar surface area (TPSA) is 30.7 Å². The van der Waals surface area contributed by atoms with Gasteiger partial charge < -0.3 is 0 Å². The summed E-state index contributed by atoms with van der Waals surface area (Å²) in [4.78, 5) is 1.35. The first-order chi connectivity index (χ1) is 6.08. The highest BCUT2D eigenvalue weighted by Gasteiger charge is 2.48. The van der Waals surface area contributed by atoms with Gasteiger partial charge in [0.25, 0.3) is 5.92 Å². The van der Waals surface area contributed by atoms with Crippen molar-refractivity contribution in [1.29, 1.82) is 0 Å². The van der Waals surface area contributed by atoms with Crippen LogP contribution in [-0.2, 0) is 6.54 Å². The van der Waals surface area contributed by atoms with Crippen molar-refractivity contribution in [3.05, 3.63) is 11.9 Å². The first-order valence-electron chi connectivity index (χ1n) is 4.32. The summed E-state index contributed by atoms with van der Waals surface area (Å²) < 4.78 is 25.7. The predicted octanol–water partition coefficient (Wildman–Crippen LogP) is 1.63. The van der Waals surface area contributed by atoms with Crippen molar-refractivity contribution in [3.63, 3.8) is 0 Å². The number of hydrogen-bond donors (Lipinski definition) is 0. The van der Waals surface area contributed by atoms with E-state index in [1.807, 2.05) is 0 Å². The van der Waals surface area contributed by atoms with Crippen molar-refractivity contribution >= 4 is 0 Å². The molecule has 1 unspecified atom stereocenters. The molecule has 5 heteroatoms. The van der Waals surface area contributed by atoms with Crippen LogP contribution in [0.3, 0.4) is 0 Å². The molecule has 0 aliphatic heterocycles. The SMILES string of the molecule is Cc1cnn(CC2CCC2(F)F)n1. The van der Waals surface area contributed by atoms with Crippen LogP contribution in [-0.4, -0.2) is 20.9 Å². The average molecular weight is 187 g/mol. The number of rotatable bonds is 2. The molecule has 0 spiro atoms. The normalized spacial score (nSPS) is 25.6. The van der Waals surface area contributed by atoms with Crippen LogP contribution in [0, 0.1) is 12.8 Å². The Morgan fingerprint density at radius 2 is 2.46 bits per heavy atom. The summed E-state index contributed by atoms with van der Waals surface area (Å²) in [5.41, 5.74) is 0.766. The van der Waals surface area contributed by atoms with Crippen molar-refractivity contribution in [3.8, 4) is 0 Å². The largest absolute Gasteiger partial charge is 0.252 e. The lowest BCUT2D eigenvalue weighted by molar-refractivity contribution is -0.139. The maximum atomic E-state index is 12.8. The first kappa shape index (κ1) is 8.59. The molecule has 0 N–H and O–H groups in total. The fourth-order valence-corrected chi connectivity index (χ4v) is 1.46. The van der Waals surface area contributed by atoms with Crippen molar-refractivity contribution < 1.29 is 8.78 Å². The molecular formula is C8H11F2N3. The van der Waals surface area contributed by atoms with E-state index in [4.69, 9.17) is 0 Å². The first-order valence-corrected chi connectivity index (χ1v) is 4.32. The third-order valence-corrected chi connectivity index (χ3v) is 2.46. The molecule has 2 rings (SSSR count). The summed E-state index contributed by atoms with van der Waals surface area (Å²) in [5, 5.41) is 7.85. The lowest BCUT2D eigenvalue weighted by atomic mass is 9.81. The summed E-state index contributed by atoms with van der Waals surface area (Å²) in [5.74, 6) is -3.07.